The van der Waals surface area contributed by atoms with E-state index in [1.165, 1.54) is 17.0 Å². The third-order valence-electron chi connectivity index (χ3n) is 6.28. The van der Waals surface area contributed by atoms with Crippen molar-refractivity contribution in [1.29, 1.82) is 0 Å². The standard InChI is InChI=1S/C22H27F3N4O6S/c1-33-9-6-19-26-20(35-27-19)17-12-16(15-2-4-18(5-3-15)34-22(23,24)25)13-29(14-17)21(30)28-7-10-36(31,32)11-8-28/h2-5,16-17H,6-14H2,1H3. The normalized spacial score (nSPS) is 22.4. The summed E-state index contributed by atoms with van der Waals surface area (Å²) < 4.78 is 75.7. The first-order valence-corrected chi connectivity index (χ1v) is 13.3. The molecule has 10 nitrogen and oxygen atoms in total. The molecular formula is C22H27F3N4O6S. The van der Waals surface area contributed by atoms with Gasteiger partial charge >= 0.3 is 12.4 Å². The van der Waals surface area contributed by atoms with E-state index in [-0.39, 0.29) is 48.2 Å². The van der Waals surface area contributed by atoms with Gasteiger partial charge in [0.25, 0.3) is 0 Å². The van der Waals surface area contributed by atoms with Gasteiger partial charge in [0.15, 0.2) is 15.7 Å². The number of carbonyl (C=O) groups excluding carboxylic acids is 1. The van der Waals surface area contributed by atoms with Crippen molar-refractivity contribution in [3.05, 3.63) is 41.5 Å². The zero-order valence-corrected chi connectivity index (χ0v) is 20.4. The van der Waals surface area contributed by atoms with Crippen molar-refractivity contribution < 1.29 is 40.4 Å². The SMILES string of the molecule is COCCc1noc(C2CC(c3ccc(OC(F)(F)F)cc3)CN(C(=O)N3CCS(=O)(=O)CC3)C2)n1. The van der Waals surface area contributed by atoms with E-state index in [0.717, 1.165) is 5.56 Å². The number of amides is 2. The molecule has 4 rings (SSSR count). The molecular weight excluding hydrogens is 505 g/mol. The lowest BCUT2D eigenvalue weighted by molar-refractivity contribution is -0.274. The molecule has 1 aromatic carbocycles. The lowest BCUT2D eigenvalue weighted by Gasteiger charge is -2.40. The molecule has 0 N–H and O–H groups in total. The molecule has 198 valence electrons. The Labute approximate surface area is 206 Å². The minimum absolute atomic E-state index is 0.0907. The molecule has 0 radical (unpaired) electrons. The number of nitrogens with zero attached hydrogens (tertiary/aromatic N) is 4. The van der Waals surface area contributed by atoms with Crippen molar-refractivity contribution in [2.24, 2.45) is 0 Å². The fourth-order valence-electron chi connectivity index (χ4n) is 4.45. The molecule has 36 heavy (non-hydrogen) atoms. The highest BCUT2D eigenvalue weighted by molar-refractivity contribution is 7.91. The molecule has 2 unspecified atom stereocenters. The van der Waals surface area contributed by atoms with Gasteiger partial charge in [0.1, 0.15) is 5.75 Å². The van der Waals surface area contributed by atoms with Gasteiger partial charge in [-0.15, -0.1) is 13.2 Å². The van der Waals surface area contributed by atoms with Gasteiger partial charge in [-0.2, -0.15) is 4.98 Å². The van der Waals surface area contributed by atoms with E-state index in [4.69, 9.17) is 9.26 Å². The molecule has 2 aliphatic heterocycles. The van der Waals surface area contributed by atoms with Gasteiger partial charge in [0, 0.05) is 45.6 Å². The minimum atomic E-state index is -4.79. The van der Waals surface area contributed by atoms with E-state index in [9.17, 15) is 26.4 Å². The summed E-state index contributed by atoms with van der Waals surface area (Å²) in [4.78, 5) is 20.9. The fourth-order valence-corrected chi connectivity index (χ4v) is 5.65. The van der Waals surface area contributed by atoms with Crippen molar-refractivity contribution in [2.75, 3.05) is 51.4 Å². The van der Waals surface area contributed by atoms with Gasteiger partial charge in [-0.25, -0.2) is 13.2 Å². The monoisotopic (exact) mass is 532 g/mol. The highest BCUT2D eigenvalue weighted by atomic mass is 32.2. The molecule has 2 atom stereocenters. The Morgan fingerprint density at radius 3 is 2.42 bits per heavy atom. The van der Waals surface area contributed by atoms with Crippen LogP contribution in [0, 0.1) is 0 Å². The Kier molecular flexibility index (Phi) is 7.73. The van der Waals surface area contributed by atoms with Crippen LogP contribution >= 0.6 is 0 Å². The molecule has 2 aliphatic rings. The quantitative estimate of drug-likeness (QED) is 0.558. The third kappa shape index (κ3) is 6.66. The maximum absolute atomic E-state index is 13.3. The summed E-state index contributed by atoms with van der Waals surface area (Å²) in [6.45, 7) is 1.24. The maximum atomic E-state index is 13.3. The summed E-state index contributed by atoms with van der Waals surface area (Å²) in [5.74, 6) is -0.213. The average molecular weight is 533 g/mol. The van der Waals surface area contributed by atoms with Crippen molar-refractivity contribution in [3.8, 4) is 5.75 Å². The Bertz CT molecular complexity index is 1140. The summed E-state index contributed by atoms with van der Waals surface area (Å²) in [6.07, 6.45) is -3.80. The lowest BCUT2D eigenvalue weighted by Crippen LogP contribution is -2.53. The lowest BCUT2D eigenvalue weighted by atomic mass is 9.84. The molecule has 3 heterocycles. The molecule has 14 heteroatoms. The number of hydrogen-bond acceptors (Lipinski definition) is 8. The summed E-state index contributed by atoms with van der Waals surface area (Å²) in [5, 5.41) is 3.98. The number of alkyl halides is 3. The van der Waals surface area contributed by atoms with Crippen LogP contribution in [0.4, 0.5) is 18.0 Å². The summed E-state index contributed by atoms with van der Waals surface area (Å²) in [6, 6.07) is 5.27. The van der Waals surface area contributed by atoms with E-state index in [1.807, 2.05) is 0 Å². The van der Waals surface area contributed by atoms with Crippen LogP contribution < -0.4 is 4.74 Å². The molecule has 2 aromatic rings. The number of ether oxygens (including phenoxy) is 2. The minimum Gasteiger partial charge on any atom is -0.406 e. The number of methoxy groups -OCH3 is 1. The van der Waals surface area contributed by atoms with Crippen LogP contribution in [0.25, 0.3) is 0 Å². The zero-order valence-electron chi connectivity index (χ0n) is 19.6. The fraction of sp³-hybridized carbons (Fsp3) is 0.591. The number of urea groups is 1. The van der Waals surface area contributed by atoms with Crippen molar-refractivity contribution >= 4 is 15.9 Å². The molecule has 0 spiro atoms. The number of carbonyl (C=O) groups is 1. The van der Waals surface area contributed by atoms with Gasteiger partial charge < -0.3 is 23.8 Å². The second-order valence-electron chi connectivity index (χ2n) is 8.86. The van der Waals surface area contributed by atoms with E-state index >= 15 is 0 Å². The number of rotatable bonds is 6. The van der Waals surface area contributed by atoms with Crippen molar-refractivity contribution in [3.63, 3.8) is 0 Å². The van der Waals surface area contributed by atoms with Gasteiger partial charge in [0.05, 0.1) is 24.0 Å². The predicted molar refractivity (Wildman–Crippen MR) is 120 cm³/mol. The van der Waals surface area contributed by atoms with Crippen LogP contribution in [0.3, 0.4) is 0 Å². The smallest absolute Gasteiger partial charge is 0.406 e. The molecule has 1 aromatic heterocycles. The molecule has 0 bridgehead atoms. The van der Waals surface area contributed by atoms with Crippen LogP contribution in [0.15, 0.2) is 28.8 Å². The number of hydrogen-bond donors (Lipinski definition) is 0. The zero-order chi connectivity index (χ0) is 25.9. The van der Waals surface area contributed by atoms with E-state index in [0.29, 0.717) is 44.3 Å². The van der Waals surface area contributed by atoms with Crippen LogP contribution in [0.1, 0.15) is 35.5 Å². The number of halogens is 3. The van der Waals surface area contributed by atoms with E-state index in [1.54, 1.807) is 24.1 Å². The number of aromatic nitrogens is 2. The van der Waals surface area contributed by atoms with Gasteiger partial charge in [-0.3, -0.25) is 0 Å². The highest BCUT2D eigenvalue weighted by Crippen LogP contribution is 2.37. The van der Waals surface area contributed by atoms with Crippen LogP contribution in [0.2, 0.25) is 0 Å². The Morgan fingerprint density at radius 1 is 1.11 bits per heavy atom. The Morgan fingerprint density at radius 2 is 1.78 bits per heavy atom. The van der Waals surface area contributed by atoms with Crippen LogP contribution in [0.5, 0.6) is 5.75 Å². The second kappa shape index (κ2) is 10.6. The number of likely N-dealkylation sites (tertiary alicyclic amines) is 1. The predicted octanol–water partition coefficient (Wildman–Crippen LogP) is 2.58. The van der Waals surface area contributed by atoms with Crippen LogP contribution in [-0.4, -0.2) is 92.2 Å². The van der Waals surface area contributed by atoms with Crippen molar-refractivity contribution in [2.45, 2.75) is 31.0 Å². The topological polar surface area (TPSA) is 115 Å². The van der Waals surface area contributed by atoms with Gasteiger partial charge in [-0.1, -0.05) is 17.3 Å². The number of piperidine rings is 1. The van der Waals surface area contributed by atoms with E-state index < -0.39 is 16.2 Å². The largest absolute Gasteiger partial charge is 0.573 e. The third-order valence-corrected chi connectivity index (χ3v) is 7.89. The summed E-state index contributed by atoms with van der Waals surface area (Å²) in [5.41, 5.74) is 0.729. The molecule has 0 aliphatic carbocycles. The Hall–Kier alpha value is -2.87. The first kappa shape index (κ1) is 26.2. The average Bonchev–Trinajstić information content (AvgIpc) is 3.31. The molecule has 2 fully saturated rings. The Balaban J connectivity index is 1.54. The number of sulfone groups is 1. The summed E-state index contributed by atoms with van der Waals surface area (Å²) >= 11 is 0. The van der Waals surface area contributed by atoms with E-state index in [2.05, 4.69) is 14.9 Å². The number of benzene rings is 1. The molecule has 2 amide bonds. The van der Waals surface area contributed by atoms with Crippen LogP contribution in [-0.2, 0) is 21.0 Å². The van der Waals surface area contributed by atoms with Gasteiger partial charge in [0.2, 0.25) is 5.89 Å². The van der Waals surface area contributed by atoms with Crippen molar-refractivity contribution in [1.82, 2.24) is 19.9 Å². The van der Waals surface area contributed by atoms with Gasteiger partial charge in [-0.05, 0) is 24.1 Å². The summed E-state index contributed by atoms with van der Waals surface area (Å²) in [7, 11) is -1.59. The molecule has 2 saturated heterocycles. The maximum Gasteiger partial charge on any atom is 0.573 e. The second-order valence-corrected chi connectivity index (χ2v) is 11.2. The first-order chi connectivity index (χ1) is 17.0. The first-order valence-electron chi connectivity index (χ1n) is 11.4. The highest BCUT2D eigenvalue weighted by Gasteiger charge is 2.37. The molecule has 0 saturated carbocycles.